The van der Waals surface area contributed by atoms with Crippen molar-refractivity contribution in [2.75, 3.05) is 0 Å². The van der Waals surface area contributed by atoms with E-state index < -0.39 is 6.89 Å². The summed E-state index contributed by atoms with van der Waals surface area (Å²) in [4.78, 5) is 13.5. The van der Waals surface area contributed by atoms with Crippen molar-refractivity contribution in [3.05, 3.63) is 112 Å². The number of carbonyl (C=O) groups excluding carboxylic acids is 1. The molecule has 146 valence electrons. The molecule has 3 heteroatoms. The van der Waals surface area contributed by atoms with E-state index in [4.69, 9.17) is 11.6 Å². The van der Waals surface area contributed by atoms with Crippen LogP contribution in [0.1, 0.15) is 36.0 Å². The Morgan fingerprint density at radius 2 is 1.38 bits per heavy atom. The van der Waals surface area contributed by atoms with Crippen molar-refractivity contribution in [1.82, 2.24) is 0 Å². The first kappa shape index (κ1) is 20.0. The highest BCUT2D eigenvalue weighted by Gasteiger charge is 2.29. The molecule has 2 aliphatic rings. The van der Waals surface area contributed by atoms with Crippen LogP contribution < -0.4 is 5.30 Å². The average molecular weight is 419 g/mol. The van der Waals surface area contributed by atoms with Crippen LogP contribution in [0.25, 0.3) is 0 Å². The van der Waals surface area contributed by atoms with Gasteiger partial charge in [-0.05, 0) is 78.6 Å². The molecule has 0 saturated heterocycles. The standard InChI is InChI=1S/C26H24ClOP/c27-22-18-16-21(17-19-22)26(28)20-29(23-10-4-1-5-11-23,24-12-6-2-7-13-24)25-14-8-3-9-15-25/h1,4-6,8,10-20H,2-3,7,9H2. The summed E-state index contributed by atoms with van der Waals surface area (Å²) < 4.78 is 0. The van der Waals surface area contributed by atoms with E-state index in [2.05, 4.69) is 60.7 Å². The molecule has 0 saturated carbocycles. The van der Waals surface area contributed by atoms with Crippen molar-refractivity contribution in [1.29, 1.82) is 0 Å². The molecule has 0 N–H and O–H groups in total. The van der Waals surface area contributed by atoms with E-state index in [-0.39, 0.29) is 5.78 Å². The lowest BCUT2D eigenvalue weighted by molar-refractivity contribution is 0.107. The molecule has 0 aromatic heterocycles. The highest BCUT2D eigenvalue weighted by Crippen LogP contribution is 2.63. The maximum absolute atomic E-state index is 13.5. The lowest BCUT2D eigenvalue weighted by atomic mass is 10.1. The molecule has 1 nitrogen and oxygen atoms in total. The van der Waals surface area contributed by atoms with Crippen LogP contribution in [-0.2, 0) is 0 Å². The second-order valence-corrected chi connectivity index (χ2v) is 11.0. The summed E-state index contributed by atoms with van der Waals surface area (Å²) in [5.74, 6) is 2.06. The first-order valence-corrected chi connectivity index (χ1v) is 12.3. The van der Waals surface area contributed by atoms with Gasteiger partial charge in [0.25, 0.3) is 0 Å². The van der Waals surface area contributed by atoms with Gasteiger partial charge in [-0.15, -0.1) is 0 Å². The maximum atomic E-state index is 13.5. The number of benzene rings is 2. The van der Waals surface area contributed by atoms with Crippen LogP contribution in [0.3, 0.4) is 0 Å². The number of allylic oxidation sites excluding steroid dienone is 8. The minimum atomic E-state index is -2.19. The molecule has 0 atom stereocenters. The number of ketones is 1. The third-order valence-corrected chi connectivity index (χ3v) is 9.65. The zero-order valence-electron chi connectivity index (χ0n) is 16.3. The smallest absolute Gasteiger partial charge is 0.186 e. The summed E-state index contributed by atoms with van der Waals surface area (Å²) in [5, 5.41) is 4.41. The fraction of sp³-hybridized carbons (Fsp3) is 0.154. The Bertz CT molecular complexity index is 1030. The van der Waals surface area contributed by atoms with Gasteiger partial charge in [0, 0.05) is 10.6 Å². The second kappa shape index (κ2) is 8.99. The minimum Gasteiger partial charge on any atom is -0.289 e. The average Bonchev–Trinajstić information content (AvgIpc) is 2.79. The van der Waals surface area contributed by atoms with Gasteiger partial charge in [0.15, 0.2) is 5.78 Å². The van der Waals surface area contributed by atoms with Gasteiger partial charge < -0.3 is 0 Å². The molecule has 0 amide bonds. The highest BCUT2D eigenvalue weighted by molar-refractivity contribution is 7.90. The quantitative estimate of drug-likeness (QED) is 0.372. The van der Waals surface area contributed by atoms with Gasteiger partial charge in [0.05, 0.1) is 0 Å². The van der Waals surface area contributed by atoms with Gasteiger partial charge in [0.1, 0.15) is 0 Å². The van der Waals surface area contributed by atoms with Crippen LogP contribution in [0.5, 0.6) is 0 Å². The van der Waals surface area contributed by atoms with E-state index in [0.717, 1.165) is 25.7 Å². The summed E-state index contributed by atoms with van der Waals surface area (Å²) in [6, 6.07) is 17.7. The van der Waals surface area contributed by atoms with Crippen LogP contribution in [-0.4, -0.2) is 11.6 Å². The van der Waals surface area contributed by atoms with Crippen LogP contribution in [0.2, 0.25) is 5.02 Å². The Balaban J connectivity index is 1.99. The molecular formula is C26H24ClOP. The lowest BCUT2D eigenvalue weighted by Gasteiger charge is -2.32. The van der Waals surface area contributed by atoms with Crippen molar-refractivity contribution in [3.63, 3.8) is 0 Å². The topological polar surface area (TPSA) is 17.1 Å². The zero-order valence-corrected chi connectivity index (χ0v) is 17.9. The van der Waals surface area contributed by atoms with Crippen LogP contribution >= 0.6 is 18.5 Å². The Hall–Kier alpha value is -2.34. The Morgan fingerprint density at radius 1 is 0.793 bits per heavy atom. The number of Topliss-reactive ketones (excluding diaryl/α,β-unsaturated/α-hetero) is 1. The van der Waals surface area contributed by atoms with Crippen molar-refractivity contribution >= 4 is 35.4 Å². The number of hydrogen-bond donors (Lipinski definition) is 0. The molecule has 0 heterocycles. The third kappa shape index (κ3) is 4.17. The summed E-state index contributed by atoms with van der Waals surface area (Å²) in [6.07, 6.45) is 17.7. The number of rotatable bonds is 5. The largest absolute Gasteiger partial charge is 0.289 e. The molecule has 0 fully saturated rings. The number of carbonyl (C=O) groups is 1. The molecule has 0 spiro atoms. The van der Waals surface area contributed by atoms with Crippen molar-refractivity contribution in [2.45, 2.75) is 25.7 Å². The van der Waals surface area contributed by atoms with Gasteiger partial charge >= 0.3 is 0 Å². The maximum Gasteiger partial charge on any atom is 0.186 e. The lowest BCUT2D eigenvalue weighted by Crippen LogP contribution is -2.15. The second-order valence-electron chi connectivity index (χ2n) is 7.28. The Labute approximate surface area is 178 Å². The molecule has 0 bridgehead atoms. The van der Waals surface area contributed by atoms with Gasteiger partial charge in [-0.25, -0.2) is 0 Å². The molecule has 2 aromatic carbocycles. The summed E-state index contributed by atoms with van der Waals surface area (Å²) in [6.45, 7) is -2.19. The molecule has 2 aliphatic carbocycles. The third-order valence-electron chi connectivity index (χ3n) is 5.37. The Morgan fingerprint density at radius 3 is 1.90 bits per heavy atom. The van der Waals surface area contributed by atoms with E-state index in [1.165, 1.54) is 15.9 Å². The number of hydrogen-bond acceptors (Lipinski definition) is 1. The monoisotopic (exact) mass is 418 g/mol. The number of halogens is 1. The van der Waals surface area contributed by atoms with E-state index >= 15 is 0 Å². The first-order chi connectivity index (χ1) is 14.2. The zero-order chi connectivity index (χ0) is 20.1. The molecular weight excluding hydrogens is 395 g/mol. The molecule has 2 aromatic rings. The highest BCUT2D eigenvalue weighted by atomic mass is 35.5. The van der Waals surface area contributed by atoms with Gasteiger partial charge in [-0.3, -0.25) is 4.79 Å². The minimum absolute atomic E-state index is 0.0543. The fourth-order valence-electron chi connectivity index (χ4n) is 3.92. The first-order valence-electron chi connectivity index (χ1n) is 10.0. The summed E-state index contributed by atoms with van der Waals surface area (Å²) in [7, 11) is 0. The molecule has 0 aliphatic heterocycles. The fourth-order valence-corrected chi connectivity index (χ4v) is 8.05. The molecule has 29 heavy (non-hydrogen) atoms. The predicted octanol–water partition coefficient (Wildman–Crippen LogP) is 7.14. The van der Waals surface area contributed by atoms with Gasteiger partial charge in [-0.2, -0.15) is 0 Å². The predicted molar refractivity (Wildman–Crippen MR) is 128 cm³/mol. The molecule has 0 radical (unpaired) electrons. The van der Waals surface area contributed by atoms with Gasteiger partial charge in [-0.1, -0.05) is 78.4 Å². The van der Waals surface area contributed by atoms with Crippen LogP contribution in [0.15, 0.2) is 102 Å². The SMILES string of the molecule is O=C(C=P(C1=CCCC=C1)(C1=CCCC=C1)c1ccccc1)c1ccc(Cl)cc1. The normalized spacial score (nSPS) is 16.2. The van der Waals surface area contributed by atoms with Crippen molar-refractivity contribution in [3.8, 4) is 0 Å². The van der Waals surface area contributed by atoms with Crippen LogP contribution in [0, 0.1) is 0 Å². The van der Waals surface area contributed by atoms with E-state index in [1.807, 2.05) is 24.0 Å². The summed E-state index contributed by atoms with van der Waals surface area (Å²) in [5.41, 5.74) is 0.676. The molecule has 0 unspecified atom stereocenters. The van der Waals surface area contributed by atoms with E-state index in [0.29, 0.717) is 10.6 Å². The van der Waals surface area contributed by atoms with Crippen molar-refractivity contribution < 1.29 is 4.79 Å². The van der Waals surface area contributed by atoms with E-state index in [1.54, 1.807) is 12.1 Å². The van der Waals surface area contributed by atoms with Crippen molar-refractivity contribution in [2.24, 2.45) is 0 Å². The van der Waals surface area contributed by atoms with Crippen LogP contribution in [0.4, 0.5) is 0 Å². The molecule has 4 rings (SSSR count). The van der Waals surface area contributed by atoms with E-state index in [9.17, 15) is 4.79 Å². The Kier molecular flexibility index (Phi) is 6.19. The summed E-state index contributed by atoms with van der Waals surface area (Å²) >= 11 is 6.04. The van der Waals surface area contributed by atoms with Gasteiger partial charge in [0.2, 0.25) is 0 Å².